The highest BCUT2D eigenvalue weighted by Crippen LogP contribution is 2.42. The van der Waals surface area contributed by atoms with Gasteiger partial charge in [-0.25, -0.2) is 4.79 Å². The van der Waals surface area contributed by atoms with Crippen molar-refractivity contribution >= 4 is 5.97 Å². The Kier molecular flexibility index (Phi) is 1.83. The molecule has 78 valence electrons. The Morgan fingerprint density at radius 3 is 2.88 bits per heavy atom. The van der Waals surface area contributed by atoms with E-state index in [4.69, 9.17) is 5.11 Å². The highest BCUT2D eigenvalue weighted by molar-refractivity contribution is 5.92. The maximum Gasteiger partial charge on any atom is 0.335 e. The predicted octanol–water partition coefficient (Wildman–Crippen LogP) is 2.55. The summed E-state index contributed by atoms with van der Waals surface area (Å²) in [6.45, 7) is 0. The van der Waals surface area contributed by atoms with Crippen LogP contribution in [-0.4, -0.2) is 11.1 Å². The second-order valence-corrected chi connectivity index (χ2v) is 4.01. The van der Waals surface area contributed by atoms with E-state index in [9.17, 15) is 4.79 Å². The highest BCUT2D eigenvalue weighted by atomic mass is 16.4. The summed E-state index contributed by atoms with van der Waals surface area (Å²) < 4.78 is 0. The largest absolute Gasteiger partial charge is 0.478 e. The lowest BCUT2D eigenvalue weighted by atomic mass is 9.97. The fourth-order valence-corrected chi connectivity index (χ4v) is 2.30. The van der Waals surface area contributed by atoms with Gasteiger partial charge >= 0.3 is 5.97 Å². The van der Waals surface area contributed by atoms with Crippen LogP contribution < -0.4 is 0 Å². The summed E-state index contributed by atoms with van der Waals surface area (Å²) in [6.07, 6.45) is 15.7. The summed E-state index contributed by atoms with van der Waals surface area (Å²) in [5.41, 5.74) is 3.85. The number of hydrogen-bond donors (Lipinski definition) is 1. The molecule has 2 heteroatoms. The highest BCUT2D eigenvalue weighted by Gasteiger charge is 2.30. The van der Waals surface area contributed by atoms with Crippen LogP contribution in [0, 0.1) is 5.92 Å². The smallest absolute Gasteiger partial charge is 0.335 e. The Morgan fingerprint density at radius 1 is 1.19 bits per heavy atom. The third kappa shape index (κ3) is 1.23. The quantitative estimate of drug-likeness (QED) is 0.722. The molecule has 0 heterocycles. The van der Waals surface area contributed by atoms with Gasteiger partial charge in [0.2, 0.25) is 0 Å². The topological polar surface area (TPSA) is 37.3 Å². The van der Waals surface area contributed by atoms with Crippen LogP contribution in [0.15, 0.2) is 70.9 Å². The summed E-state index contributed by atoms with van der Waals surface area (Å²) in [7, 11) is 0. The molecule has 0 aromatic heterocycles. The Hall–Kier alpha value is -2.09. The molecule has 2 nitrogen and oxygen atoms in total. The Morgan fingerprint density at radius 2 is 2.06 bits per heavy atom. The van der Waals surface area contributed by atoms with Crippen molar-refractivity contribution in [2.75, 3.05) is 0 Å². The Bertz CT molecular complexity index is 551. The van der Waals surface area contributed by atoms with E-state index in [0.29, 0.717) is 5.57 Å². The molecule has 0 aromatic carbocycles. The van der Waals surface area contributed by atoms with Crippen LogP contribution >= 0.6 is 0 Å². The van der Waals surface area contributed by atoms with Gasteiger partial charge in [-0.2, -0.15) is 0 Å². The molecule has 16 heavy (non-hydrogen) atoms. The molecular weight excluding hydrogens is 200 g/mol. The number of carboxylic acids is 1. The van der Waals surface area contributed by atoms with Gasteiger partial charge in [0, 0.05) is 5.92 Å². The molecule has 0 aliphatic heterocycles. The first-order valence-electron chi connectivity index (χ1n) is 5.19. The van der Waals surface area contributed by atoms with E-state index in [2.05, 4.69) is 18.2 Å². The number of hydrogen-bond acceptors (Lipinski definition) is 1. The first-order valence-corrected chi connectivity index (χ1v) is 5.19. The van der Waals surface area contributed by atoms with Crippen molar-refractivity contribution in [1.82, 2.24) is 0 Å². The molecule has 1 unspecified atom stereocenters. The second kappa shape index (κ2) is 3.20. The lowest BCUT2D eigenvalue weighted by Gasteiger charge is -2.06. The van der Waals surface area contributed by atoms with Gasteiger partial charge in [0.25, 0.3) is 0 Å². The van der Waals surface area contributed by atoms with Crippen LogP contribution in [0.3, 0.4) is 0 Å². The van der Waals surface area contributed by atoms with Crippen LogP contribution in [0.2, 0.25) is 0 Å². The van der Waals surface area contributed by atoms with Crippen molar-refractivity contribution in [2.24, 2.45) is 5.92 Å². The maximum atomic E-state index is 10.9. The summed E-state index contributed by atoms with van der Waals surface area (Å²) in [4.78, 5) is 10.9. The molecule has 0 fully saturated rings. The van der Waals surface area contributed by atoms with Gasteiger partial charge in [-0.1, -0.05) is 42.5 Å². The third-order valence-electron chi connectivity index (χ3n) is 3.04. The monoisotopic (exact) mass is 210 g/mol. The van der Waals surface area contributed by atoms with Crippen molar-refractivity contribution in [3.63, 3.8) is 0 Å². The lowest BCUT2D eigenvalue weighted by molar-refractivity contribution is -0.132. The van der Waals surface area contributed by atoms with E-state index < -0.39 is 5.97 Å². The molecule has 0 spiro atoms. The van der Waals surface area contributed by atoms with E-state index in [1.54, 1.807) is 6.08 Å². The van der Waals surface area contributed by atoms with Gasteiger partial charge in [-0.05, 0) is 22.8 Å². The van der Waals surface area contributed by atoms with Crippen LogP contribution in [0.1, 0.15) is 0 Å². The molecule has 0 bridgehead atoms. The number of aliphatic carboxylic acids is 1. The maximum absolute atomic E-state index is 10.9. The number of allylic oxidation sites excluding steroid dienone is 10. The molecule has 0 saturated carbocycles. The average molecular weight is 210 g/mol. The van der Waals surface area contributed by atoms with Crippen LogP contribution in [0.5, 0.6) is 0 Å². The fraction of sp³-hybridized carbons (Fsp3) is 0.0714. The SMILES string of the molecule is O=C(O)C1=CC2C(=C1)C=C1C=CC=CC=C12. The summed E-state index contributed by atoms with van der Waals surface area (Å²) in [6, 6.07) is 0. The van der Waals surface area contributed by atoms with Crippen molar-refractivity contribution < 1.29 is 9.90 Å². The zero-order chi connectivity index (χ0) is 11.1. The summed E-state index contributed by atoms with van der Waals surface area (Å²) in [5.74, 6) is -0.717. The standard InChI is InChI=1S/C14H10O2/c15-14(16)11-7-10-6-9-4-2-1-3-5-12(9)13(10)8-11/h1-8,13H,(H,15,16). The molecule has 0 saturated heterocycles. The molecule has 0 radical (unpaired) electrons. The minimum Gasteiger partial charge on any atom is -0.478 e. The van der Waals surface area contributed by atoms with E-state index in [0.717, 1.165) is 5.57 Å². The lowest BCUT2D eigenvalue weighted by Crippen LogP contribution is -1.97. The van der Waals surface area contributed by atoms with Crippen LogP contribution in [0.25, 0.3) is 0 Å². The van der Waals surface area contributed by atoms with Crippen LogP contribution in [0.4, 0.5) is 0 Å². The predicted molar refractivity (Wildman–Crippen MR) is 61.7 cm³/mol. The zero-order valence-corrected chi connectivity index (χ0v) is 8.55. The van der Waals surface area contributed by atoms with Gasteiger partial charge in [0.15, 0.2) is 0 Å². The number of carboxylic acid groups (broad SMARTS) is 1. The minimum absolute atomic E-state index is 0.133. The molecule has 3 aliphatic carbocycles. The molecular formula is C14H10O2. The third-order valence-corrected chi connectivity index (χ3v) is 3.04. The first-order chi connectivity index (χ1) is 7.75. The normalized spacial score (nSPS) is 25.1. The molecule has 3 aliphatic rings. The minimum atomic E-state index is -0.850. The first kappa shape index (κ1) is 9.16. The fourth-order valence-electron chi connectivity index (χ4n) is 2.30. The van der Waals surface area contributed by atoms with E-state index in [1.807, 2.05) is 24.3 Å². The molecule has 3 rings (SSSR count). The van der Waals surface area contributed by atoms with Gasteiger partial charge in [0.05, 0.1) is 5.57 Å². The van der Waals surface area contributed by atoms with Gasteiger partial charge in [-0.15, -0.1) is 0 Å². The molecule has 1 atom stereocenters. The van der Waals surface area contributed by atoms with E-state index >= 15 is 0 Å². The Labute approximate surface area is 93.3 Å². The second-order valence-electron chi connectivity index (χ2n) is 4.01. The number of rotatable bonds is 1. The van der Waals surface area contributed by atoms with Crippen molar-refractivity contribution in [2.45, 2.75) is 0 Å². The van der Waals surface area contributed by atoms with Crippen LogP contribution in [-0.2, 0) is 4.79 Å². The molecule has 0 amide bonds. The zero-order valence-electron chi connectivity index (χ0n) is 8.55. The molecule has 0 aromatic rings. The molecule has 1 N–H and O–H groups in total. The summed E-state index contributed by atoms with van der Waals surface area (Å²) >= 11 is 0. The average Bonchev–Trinajstić information content (AvgIpc) is 2.69. The van der Waals surface area contributed by atoms with Gasteiger partial charge in [0.1, 0.15) is 0 Å². The van der Waals surface area contributed by atoms with Crippen molar-refractivity contribution in [1.29, 1.82) is 0 Å². The Balaban J connectivity index is 2.08. The van der Waals surface area contributed by atoms with E-state index in [1.165, 1.54) is 11.1 Å². The van der Waals surface area contributed by atoms with Crippen molar-refractivity contribution in [3.05, 3.63) is 70.9 Å². The summed E-state index contributed by atoms with van der Waals surface area (Å²) in [5, 5.41) is 8.94. The number of carbonyl (C=O) groups is 1. The van der Waals surface area contributed by atoms with Gasteiger partial charge < -0.3 is 5.11 Å². The number of fused-ring (bicyclic) bond motifs is 3. The van der Waals surface area contributed by atoms with E-state index in [-0.39, 0.29) is 5.92 Å². The van der Waals surface area contributed by atoms with Crippen molar-refractivity contribution in [3.8, 4) is 0 Å². The van der Waals surface area contributed by atoms with Gasteiger partial charge in [-0.3, -0.25) is 0 Å².